The van der Waals surface area contributed by atoms with E-state index in [-0.39, 0.29) is 0 Å². The largest absolute Gasteiger partial charge is 0.399 e. The van der Waals surface area contributed by atoms with Crippen LogP contribution in [-0.4, -0.2) is 12.6 Å². The maximum absolute atomic E-state index is 5.76. The SMILES string of the molecule is CC(C)CN(c1ccc(N)cc1)C1CCCC1. The fraction of sp³-hybridized carbons (Fsp3) is 0.600. The third-order valence-electron chi connectivity index (χ3n) is 3.55. The highest BCUT2D eigenvalue weighted by Crippen LogP contribution is 2.29. The summed E-state index contributed by atoms with van der Waals surface area (Å²) in [4.78, 5) is 2.58. The first-order valence-electron chi connectivity index (χ1n) is 6.79. The molecule has 0 heterocycles. The number of hydrogen-bond acceptors (Lipinski definition) is 2. The van der Waals surface area contributed by atoms with E-state index >= 15 is 0 Å². The Morgan fingerprint density at radius 1 is 1.18 bits per heavy atom. The lowest BCUT2D eigenvalue weighted by atomic mass is 10.1. The standard InChI is InChI=1S/C15H24N2/c1-12(2)11-17(14-5-3-4-6-14)15-9-7-13(16)8-10-15/h7-10,12,14H,3-6,11,16H2,1-2H3. The Balaban J connectivity index is 2.16. The Hall–Kier alpha value is -1.18. The van der Waals surface area contributed by atoms with Crippen LogP contribution in [0.2, 0.25) is 0 Å². The van der Waals surface area contributed by atoms with E-state index in [9.17, 15) is 0 Å². The van der Waals surface area contributed by atoms with Gasteiger partial charge in [-0.1, -0.05) is 26.7 Å². The zero-order valence-electron chi connectivity index (χ0n) is 11.0. The minimum atomic E-state index is 0.702. The summed E-state index contributed by atoms with van der Waals surface area (Å²) < 4.78 is 0. The van der Waals surface area contributed by atoms with Crippen molar-refractivity contribution in [3.63, 3.8) is 0 Å². The van der Waals surface area contributed by atoms with Gasteiger partial charge in [0.15, 0.2) is 0 Å². The Morgan fingerprint density at radius 2 is 1.76 bits per heavy atom. The lowest BCUT2D eigenvalue weighted by molar-refractivity contribution is 0.536. The van der Waals surface area contributed by atoms with Crippen LogP contribution < -0.4 is 10.6 Å². The summed E-state index contributed by atoms with van der Waals surface area (Å²) in [5.41, 5.74) is 7.95. The smallest absolute Gasteiger partial charge is 0.0370 e. The van der Waals surface area contributed by atoms with Crippen LogP contribution in [-0.2, 0) is 0 Å². The molecular formula is C15H24N2. The zero-order chi connectivity index (χ0) is 12.3. The first-order valence-corrected chi connectivity index (χ1v) is 6.79. The van der Waals surface area contributed by atoms with E-state index in [1.165, 1.54) is 31.4 Å². The average molecular weight is 232 g/mol. The van der Waals surface area contributed by atoms with Gasteiger partial charge < -0.3 is 10.6 Å². The van der Waals surface area contributed by atoms with E-state index in [4.69, 9.17) is 5.73 Å². The number of nitrogens with zero attached hydrogens (tertiary/aromatic N) is 1. The van der Waals surface area contributed by atoms with Crippen molar-refractivity contribution in [1.29, 1.82) is 0 Å². The maximum atomic E-state index is 5.76. The molecule has 0 aromatic heterocycles. The highest BCUT2D eigenvalue weighted by atomic mass is 15.2. The van der Waals surface area contributed by atoms with Gasteiger partial charge in [0.25, 0.3) is 0 Å². The monoisotopic (exact) mass is 232 g/mol. The average Bonchev–Trinajstić information content (AvgIpc) is 2.80. The Morgan fingerprint density at radius 3 is 2.29 bits per heavy atom. The summed E-state index contributed by atoms with van der Waals surface area (Å²) in [5.74, 6) is 0.702. The van der Waals surface area contributed by atoms with Crippen molar-refractivity contribution < 1.29 is 0 Å². The predicted molar refractivity (Wildman–Crippen MR) is 75.3 cm³/mol. The molecule has 0 amide bonds. The normalized spacial score (nSPS) is 16.6. The maximum Gasteiger partial charge on any atom is 0.0370 e. The van der Waals surface area contributed by atoms with Crippen molar-refractivity contribution in [3.05, 3.63) is 24.3 Å². The molecule has 1 aliphatic rings. The molecule has 1 saturated carbocycles. The summed E-state index contributed by atoms with van der Waals surface area (Å²) in [7, 11) is 0. The van der Waals surface area contributed by atoms with Crippen molar-refractivity contribution in [1.82, 2.24) is 0 Å². The van der Waals surface area contributed by atoms with E-state index < -0.39 is 0 Å². The third kappa shape index (κ3) is 3.15. The Labute approximate surface area is 105 Å². The van der Waals surface area contributed by atoms with Crippen LogP contribution in [0.1, 0.15) is 39.5 Å². The van der Waals surface area contributed by atoms with Crippen molar-refractivity contribution >= 4 is 11.4 Å². The van der Waals surface area contributed by atoms with Crippen LogP contribution in [0.25, 0.3) is 0 Å². The number of hydrogen-bond donors (Lipinski definition) is 1. The molecule has 0 radical (unpaired) electrons. The molecule has 0 bridgehead atoms. The van der Waals surface area contributed by atoms with Crippen LogP contribution in [0.4, 0.5) is 11.4 Å². The summed E-state index contributed by atoms with van der Waals surface area (Å²) >= 11 is 0. The fourth-order valence-electron chi connectivity index (χ4n) is 2.74. The summed E-state index contributed by atoms with van der Waals surface area (Å²) in [6, 6.07) is 9.09. The summed E-state index contributed by atoms with van der Waals surface area (Å²) in [5, 5.41) is 0. The molecule has 2 rings (SSSR count). The first kappa shape index (κ1) is 12.3. The molecule has 94 valence electrons. The molecule has 1 aliphatic carbocycles. The molecule has 1 aromatic carbocycles. The number of rotatable bonds is 4. The molecular weight excluding hydrogens is 208 g/mol. The quantitative estimate of drug-likeness (QED) is 0.802. The Kier molecular flexibility index (Phi) is 3.93. The van der Waals surface area contributed by atoms with Crippen molar-refractivity contribution in [2.45, 2.75) is 45.6 Å². The molecule has 0 atom stereocenters. The molecule has 2 N–H and O–H groups in total. The van der Waals surface area contributed by atoms with Crippen LogP contribution in [0.5, 0.6) is 0 Å². The number of benzene rings is 1. The topological polar surface area (TPSA) is 29.3 Å². The third-order valence-corrected chi connectivity index (χ3v) is 3.55. The molecule has 1 fully saturated rings. The van der Waals surface area contributed by atoms with E-state index in [0.29, 0.717) is 5.92 Å². The van der Waals surface area contributed by atoms with Crippen molar-refractivity contribution in [2.75, 3.05) is 17.2 Å². The number of nitrogens with two attached hydrogens (primary N) is 1. The van der Waals surface area contributed by atoms with E-state index in [2.05, 4.69) is 30.9 Å². The van der Waals surface area contributed by atoms with Crippen molar-refractivity contribution in [3.8, 4) is 0 Å². The van der Waals surface area contributed by atoms with E-state index in [1.807, 2.05) is 12.1 Å². The van der Waals surface area contributed by atoms with Crippen LogP contribution in [0.3, 0.4) is 0 Å². The molecule has 2 heteroatoms. The molecule has 0 aliphatic heterocycles. The highest BCUT2D eigenvalue weighted by Gasteiger charge is 2.23. The minimum absolute atomic E-state index is 0.702. The molecule has 0 unspecified atom stereocenters. The highest BCUT2D eigenvalue weighted by molar-refractivity contribution is 5.53. The molecule has 0 saturated heterocycles. The second kappa shape index (κ2) is 5.44. The van der Waals surface area contributed by atoms with Gasteiger partial charge in [0, 0.05) is 24.0 Å². The number of nitrogen functional groups attached to an aromatic ring is 1. The van der Waals surface area contributed by atoms with Gasteiger partial charge in [-0.3, -0.25) is 0 Å². The summed E-state index contributed by atoms with van der Waals surface area (Å²) in [6.07, 6.45) is 5.46. The fourth-order valence-corrected chi connectivity index (χ4v) is 2.74. The van der Waals surface area contributed by atoms with Crippen LogP contribution in [0, 0.1) is 5.92 Å². The molecule has 17 heavy (non-hydrogen) atoms. The Bertz CT molecular complexity index is 336. The van der Waals surface area contributed by atoms with E-state index in [0.717, 1.165) is 18.3 Å². The van der Waals surface area contributed by atoms with E-state index in [1.54, 1.807) is 0 Å². The lowest BCUT2D eigenvalue weighted by Crippen LogP contribution is -2.36. The summed E-state index contributed by atoms with van der Waals surface area (Å²) in [6.45, 7) is 5.73. The minimum Gasteiger partial charge on any atom is -0.399 e. The van der Waals surface area contributed by atoms with Crippen molar-refractivity contribution in [2.24, 2.45) is 5.92 Å². The second-order valence-corrected chi connectivity index (χ2v) is 5.58. The van der Waals surface area contributed by atoms with Crippen LogP contribution >= 0.6 is 0 Å². The van der Waals surface area contributed by atoms with Gasteiger partial charge in [0.1, 0.15) is 0 Å². The molecule has 0 spiro atoms. The van der Waals surface area contributed by atoms with Gasteiger partial charge in [-0.2, -0.15) is 0 Å². The lowest BCUT2D eigenvalue weighted by Gasteiger charge is -2.33. The molecule has 2 nitrogen and oxygen atoms in total. The van der Waals surface area contributed by atoms with Gasteiger partial charge in [-0.25, -0.2) is 0 Å². The van der Waals surface area contributed by atoms with Crippen LogP contribution in [0.15, 0.2) is 24.3 Å². The van der Waals surface area contributed by atoms with Gasteiger partial charge in [0.05, 0.1) is 0 Å². The van der Waals surface area contributed by atoms with Gasteiger partial charge in [-0.15, -0.1) is 0 Å². The van der Waals surface area contributed by atoms with Gasteiger partial charge in [-0.05, 0) is 43.0 Å². The predicted octanol–water partition coefficient (Wildman–Crippen LogP) is 3.67. The van der Waals surface area contributed by atoms with Gasteiger partial charge in [0.2, 0.25) is 0 Å². The van der Waals surface area contributed by atoms with Gasteiger partial charge >= 0.3 is 0 Å². The molecule has 1 aromatic rings. The first-order chi connectivity index (χ1) is 8.16. The zero-order valence-corrected chi connectivity index (χ0v) is 11.0. The number of anilines is 2. The second-order valence-electron chi connectivity index (χ2n) is 5.58.